The molecule has 0 bridgehead atoms. The minimum absolute atomic E-state index is 0.0940. The van der Waals surface area contributed by atoms with E-state index in [2.05, 4.69) is 0 Å². The maximum absolute atomic E-state index is 13.8. The molecule has 0 saturated carbocycles. The monoisotopic (exact) mass is 491 g/mol. The first-order valence-electron chi connectivity index (χ1n) is 11.1. The predicted octanol–water partition coefficient (Wildman–Crippen LogP) is 3.72. The number of hydrogen-bond donors (Lipinski definition) is 1. The molecule has 0 amide bonds. The number of fused-ring (bicyclic) bond motifs is 1. The summed E-state index contributed by atoms with van der Waals surface area (Å²) < 4.78 is 40.3. The zero-order chi connectivity index (χ0) is 24.6. The number of hydrogen-bond acceptors (Lipinski definition) is 9. The molecule has 3 rings (SSSR count). The lowest BCUT2D eigenvalue weighted by molar-refractivity contribution is -0.143. The summed E-state index contributed by atoms with van der Waals surface area (Å²) in [5.41, 5.74) is 7.04. The highest BCUT2D eigenvalue weighted by Gasteiger charge is 2.34. The van der Waals surface area contributed by atoms with Crippen LogP contribution in [0.15, 0.2) is 42.5 Å². The molecule has 2 N–H and O–H groups in total. The van der Waals surface area contributed by atoms with Crippen LogP contribution >= 0.6 is 7.60 Å². The number of carbonyl (C=O) groups is 2. The number of nitrogens with two attached hydrogens (primary N) is 1. The van der Waals surface area contributed by atoms with Gasteiger partial charge in [-0.1, -0.05) is 30.3 Å². The SMILES string of the molecule is CCOP(=O)(CC(Cc1ccc2c(c1)OCO2)C(=O)c1ccccc1COC(=O)CN)OCC. The Kier molecular flexibility index (Phi) is 9.24. The van der Waals surface area contributed by atoms with E-state index >= 15 is 0 Å². The van der Waals surface area contributed by atoms with E-state index in [-0.39, 0.29) is 51.5 Å². The van der Waals surface area contributed by atoms with Crippen LogP contribution in [0.4, 0.5) is 0 Å². The average Bonchev–Trinajstić information content (AvgIpc) is 3.30. The first-order chi connectivity index (χ1) is 16.4. The predicted molar refractivity (Wildman–Crippen MR) is 125 cm³/mol. The Hall–Kier alpha value is -2.71. The molecule has 1 atom stereocenters. The first-order valence-corrected chi connectivity index (χ1v) is 12.9. The van der Waals surface area contributed by atoms with E-state index in [1.165, 1.54) is 0 Å². The van der Waals surface area contributed by atoms with Crippen molar-refractivity contribution in [1.29, 1.82) is 0 Å². The minimum atomic E-state index is -3.53. The van der Waals surface area contributed by atoms with E-state index in [1.807, 2.05) is 12.1 Å². The highest BCUT2D eigenvalue weighted by atomic mass is 31.2. The van der Waals surface area contributed by atoms with Gasteiger partial charge in [0.1, 0.15) is 6.61 Å². The van der Waals surface area contributed by atoms with Gasteiger partial charge in [-0.3, -0.25) is 14.2 Å². The van der Waals surface area contributed by atoms with Gasteiger partial charge in [0.2, 0.25) is 6.79 Å². The molecule has 34 heavy (non-hydrogen) atoms. The molecular formula is C24H30NO8P. The summed E-state index contributed by atoms with van der Waals surface area (Å²) in [4.78, 5) is 25.3. The van der Waals surface area contributed by atoms with Crippen molar-refractivity contribution >= 4 is 19.3 Å². The van der Waals surface area contributed by atoms with E-state index in [9.17, 15) is 14.2 Å². The van der Waals surface area contributed by atoms with Gasteiger partial charge < -0.3 is 29.0 Å². The van der Waals surface area contributed by atoms with Crippen LogP contribution in [0.2, 0.25) is 0 Å². The van der Waals surface area contributed by atoms with Crippen molar-refractivity contribution in [2.24, 2.45) is 11.7 Å². The average molecular weight is 491 g/mol. The molecule has 0 radical (unpaired) electrons. The molecule has 2 aromatic carbocycles. The third kappa shape index (κ3) is 6.67. The molecule has 1 aliphatic heterocycles. The summed E-state index contributed by atoms with van der Waals surface area (Å²) in [5, 5.41) is 0. The van der Waals surface area contributed by atoms with Gasteiger partial charge in [-0.25, -0.2) is 0 Å². The van der Waals surface area contributed by atoms with Gasteiger partial charge in [0.25, 0.3) is 0 Å². The van der Waals surface area contributed by atoms with Crippen LogP contribution in [-0.2, 0) is 36.2 Å². The van der Waals surface area contributed by atoms with Crippen LogP contribution < -0.4 is 15.2 Å². The number of benzene rings is 2. The maximum atomic E-state index is 13.8. The molecule has 0 aliphatic carbocycles. The number of rotatable bonds is 13. The van der Waals surface area contributed by atoms with Crippen LogP contribution in [-0.4, -0.2) is 44.5 Å². The maximum Gasteiger partial charge on any atom is 0.331 e. The van der Waals surface area contributed by atoms with Crippen molar-refractivity contribution in [2.75, 3.05) is 32.7 Å². The largest absolute Gasteiger partial charge is 0.460 e. The number of esters is 1. The lowest BCUT2D eigenvalue weighted by atomic mass is 9.90. The van der Waals surface area contributed by atoms with Gasteiger partial charge in [-0.2, -0.15) is 0 Å². The molecule has 0 aromatic heterocycles. The third-order valence-corrected chi connectivity index (χ3v) is 7.41. The fourth-order valence-corrected chi connectivity index (χ4v) is 5.63. The number of carbonyl (C=O) groups excluding carboxylic acids is 2. The van der Waals surface area contributed by atoms with Crippen LogP contribution in [0.1, 0.15) is 35.3 Å². The highest BCUT2D eigenvalue weighted by Crippen LogP contribution is 2.50. The number of Topliss-reactive ketones (excluding diaryl/α,β-unsaturated/α-hetero) is 1. The zero-order valence-electron chi connectivity index (χ0n) is 19.4. The van der Waals surface area contributed by atoms with Gasteiger partial charge in [-0.05, 0) is 38.0 Å². The van der Waals surface area contributed by atoms with E-state index in [1.54, 1.807) is 44.2 Å². The first kappa shape index (κ1) is 25.9. The van der Waals surface area contributed by atoms with Crippen molar-refractivity contribution in [3.8, 4) is 11.5 Å². The van der Waals surface area contributed by atoms with E-state index in [0.29, 0.717) is 22.6 Å². The summed E-state index contributed by atoms with van der Waals surface area (Å²) in [6.45, 7) is 3.61. The quantitative estimate of drug-likeness (QED) is 0.254. The van der Waals surface area contributed by atoms with Gasteiger partial charge in [0, 0.05) is 17.0 Å². The molecule has 1 unspecified atom stereocenters. The second-order valence-electron chi connectivity index (χ2n) is 7.60. The molecule has 0 fully saturated rings. The van der Waals surface area contributed by atoms with Crippen LogP contribution in [0, 0.1) is 5.92 Å². The van der Waals surface area contributed by atoms with Gasteiger partial charge in [0.05, 0.1) is 25.9 Å². The smallest absolute Gasteiger partial charge is 0.331 e. The molecule has 9 nitrogen and oxygen atoms in total. The summed E-state index contributed by atoms with van der Waals surface area (Å²) >= 11 is 0. The Morgan fingerprint density at radius 2 is 1.76 bits per heavy atom. The van der Waals surface area contributed by atoms with Crippen LogP contribution in [0.3, 0.4) is 0 Å². The Morgan fingerprint density at radius 1 is 1.06 bits per heavy atom. The van der Waals surface area contributed by atoms with Crippen molar-refractivity contribution < 1.29 is 37.4 Å². The molecular weight excluding hydrogens is 461 g/mol. The fraction of sp³-hybridized carbons (Fsp3) is 0.417. The number of ether oxygens (including phenoxy) is 3. The van der Waals surface area contributed by atoms with Gasteiger partial charge in [0.15, 0.2) is 17.3 Å². The van der Waals surface area contributed by atoms with Crippen molar-refractivity contribution in [3.63, 3.8) is 0 Å². The van der Waals surface area contributed by atoms with E-state index < -0.39 is 19.5 Å². The Labute approximate surface area is 199 Å². The van der Waals surface area contributed by atoms with Crippen molar-refractivity contribution in [1.82, 2.24) is 0 Å². The van der Waals surface area contributed by atoms with E-state index in [0.717, 1.165) is 5.56 Å². The molecule has 0 saturated heterocycles. The Morgan fingerprint density at radius 3 is 2.47 bits per heavy atom. The lowest BCUT2D eigenvalue weighted by Crippen LogP contribution is -2.24. The normalized spacial score (nSPS) is 13.5. The molecule has 184 valence electrons. The molecule has 0 spiro atoms. The molecule has 10 heteroatoms. The fourth-order valence-electron chi connectivity index (χ4n) is 3.72. The number of ketones is 1. The Balaban J connectivity index is 1.92. The molecule has 1 aliphatic rings. The Bertz CT molecular complexity index is 1050. The highest BCUT2D eigenvalue weighted by molar-refractivity contribution is 7.53. The summed E-state index contributed by atoms with van der Waals surface area (Å²) in [6.07, 6.45) is 0.176. The third-order valence-electron chi connectivity index (χ3n) is 5.22. The lowest BCUT2D eigenvalue weighted by Gasteiger charge is -2.23. The van der Waals surface area contributed by atoms with Crippen molar-refractivity contribution in [2.45, 2.75) is 26.9 Å². The topological polar surface area (TPSA) is 123 Å². The zero-order valence-corrected chi connectivity index (χ0v) is 20.3. The second-order valence-corrected chi connectivity index (χ2v) is 9.71. The van der Waals surface area contributed by atoms with E-state index in [4.69, 9.17) is 29.0 Å². The molecule has 2 aromatic rings. The minimum Gasteiger partial charge on any atom is -0.460 e. The molecule has 1 heterocycles. The van der Waals surface area contributed by atoms with Crippen molar-refractivity contribution in [3.05, 3.63) is 59.2 Å². The van der Waals surface area contributed by atoms with Gasteiger partial charge in [-0.15, -0.1) is 0 Å². The van der Waals surface area contributed by atoms with Gasteiger partial charge >= 0.3 is 13.6 Å². The second kappa shape index (κ2) is 12.1. The summed E-state index contributed by atoms with van der Waals surface area (Å²) in [5.74, 6) is -0.327. The summed E-state index contributed by atoms with van der Waals surface area (Å²) in [6, 6.07) is 12.3. The van der Waals surface area contributed by atoms with Crippen LogP contribution in [0.25, 0.3) is 0 Å². The standard InChI is InChI=1S/C24H30NO8P/c1-3-32-34(28,33-4-2)15-19(11-17-9-10-21-22(12-17)31-16-30-21)24(27)20-8-6-5-7-18(20)14-29-23(26)13-25/h5-10,12,19H,3-4,11,13-16,25H2,1-2H3. The summed E-state index contributed by atoms with van der Waals surface area (Å²) in [7, 11) is -3.53. The van der Waals surface area contributed by atoms with Crippen LogP contribution in [0.5, 0.6) is 11.5 Å².